The van der Waals surface area contributed by atoms with Crippen molar-refractivity contribution < 1.29 is 4.79 Å². The molecular formula is C15H15BrN4O. The molecule has 0 spiro atoms. The molecule has 3 rings (SSSR count). The molecule has 0 unspecified atom stereocenters. The highest BCUT2D eigenvalue weighted by molar-refractivity contribution is 9.10. The molecule has 0 aliphatic rings. The SMILES string of the molecule is Cn1cc(NC(=O)CCn2ccc3ccc(Br)cc32)cn1. The summed E-state index contributed by atoms with van der Waals surface area (Å²) in [6, 6.07) is 8.20. The normalized spacial score (nSPS) is 11.0. The maximum atomic E-state index is 11.9. The Hall–Kier alpha value is -2.08. The third-order valence-corrected chi connectivity index (χ3v) is 3.80. The van der Waals surface area contributed by atoms with Crippen LogP contribution in [0.3, 0.4) is 0 Å². The van der Waals surface area contributed by atoms with Gasteiger partial charge in [0.2, 0.25) is 5.91 Å². The highest BCUT2D eigenvalue weighted by atomic mass is 79.9. The molecule has 2 aromatic heterocycles. The second-order valence-corrected chi connectivity index (χ2v) is 5.83. The van der Waals surface area contributed by atoms with Gasteiger partial charge in [0.25, 0.3) is 0 Å². The lowest BCUT2D eigenvalue weighted by Gasteiger charge is -2.06. The molecule has 0 atom stereocenters. The van der Waals surface area contributed by atoms with Crippen molar-refractivity contribution in [1.82, 2.24) is 14.3 Å². The molecule has 1 aromatic carbocycles. The third-order valence-electron chi connectivity index (χ3n) is 3.30. The lowest BCUT2D eigenvalue weighted by molar-refractivity contribution is -0.116. The Kier molecular flexibility index (Phi) is 3.79. The molecule has 1 amide bonds. The van der Waals surface area contributed by atoms with Crippen molar-refractivity contribution in [2.45, 2.75) is 13.0 Å². The van der Waals surface area contributed by atoms with Crippen LogP contribution in [-0.2, 0) is 18.4 Å². The van der Waals surface area contributed by atoms with Gasteiger partial charge in [0.15, 0.2) is 0 Å². The molecule has 5 nitrogen and oxygen atoms in total. The fourth-order valence-electron chi connectivity index (χ4n) is 2.28. The number of nitrogens with zero attached hydrogens (tertiary/aromatic N) is 3. The second kappa shape index (κ2) is 5.73. The van der Waals surface area contributed by atoms with E-state index in [1.165, 1.54) is 5.39 Å². The van der Waals surface area contributed by atoms with Crippen molar-refractivity contribution in [2.24, 2.45) is 7.05 Å². The number of hydrogen-bond donors (Lipinski definition) is 1. The molecule has 0 aliphatic heterocycles. The van der Waals surface area contributed by atoms with Gasteiger partial charge in [0.1, 0.15) is 0 Å². The summed E-state index contributed by atoms with van der Waals surface area (Å²) in [6.45, 7) is 0.645. The molecule has 0 saturated carbocycles. The van der Waals surface area contributed by atoms with Crippen LogP contribution in [0.4, 0.5) is 5.69 Å². The van der Waals surface area contributed by atoms with E-state index in [2.05, 4.69) is 49.1 Å². The molecule has 2 heterocycles. The average Bonchev–Trinajstić information content (AvgIpc) is 3.03. The van der Waals surface area contributed by atoms with Crippen molar-refractivity contribution in [3.8, 4) is 0 Å². The fraction of sp³-hybridized carbons (Fsp3) is 0.200. The van der Waals surface area contributed by atoms with Crippen LogP contribution in [0.5, 0.6) is 0 Å². The van der Waals surface area contributed by atoms with Gasteiger partial charge in [-0.1, -0.05) is 22.0 Å². The topological polar surface area (TPSA) is 51.9 Å². The van der Waals surface area contributed by atoms with E-state index in [0.717, 1.165) is 15.7 Å². The Morgan fingerprint density at radius 3 is 3.00 bits per heavy atom. The number of fused-ring (bicyclic) bond motifs is 1. The van der Waals surface area contributed by atoms with Crippen LogP contribution in [-0.4, -0.2) is 20.3 Å². The number of carbonyl (C=O) groups excluding carboxylic acids is 1. The van der Waals surface area contributed by atoms with Crippen LogP contribution in [0.15, 0.2) is 47.3 Å². The summed E-state index contributed by atoms with van der Waals surface area (Å²) >= 11 is 3.48. The first-order chi connectivity index (χ1) is 10.1. The zero-order valence-corrected chi connectivity index (χ0v) is 13.2. The lowest BCUT2D eigenvalue weighted by atomic mass is 10.2. The van der Waals surface area contributed by atoms with E-state index in [1.807, 2.05) is 19.3 Å². The molecule has 0 radical (unpaired) electrons. The summed E-state index contributed by atoms with van der Waals surface area (Å²) in [5, 5.41) is 8.03. The summed E-state index contributed by atoms with van der Waals surface area (Å²) < 4.78 is 4.78. The van der Waals surface area contributed by atoms with Crippen molar-refractivity contribution in [3.05, 3.63) is 47.3 Å². The molecule has 0 aliphatic carbocycles. The van der Waals surface area contributed by atoms with E-state index in [-0.39, 0.29) is 5.91 Å². The largest absolute Gasteiger partial charge is 0.347 e. The number of nitrogens with one attached hydrogen (secondary N) is 1. The fourth-order valence-corrected chi connectivity index (χ4v) is 2.63. The average molecular weight is 347 g/mol. The summed E-state index contributed by atoms with van der Waals surface area (Å²) in [5.41, 5.74) is 1.85. The number of rotatable bonds is 4. The van der Waals surface area contributed by atoms with Crippen LogP contribution in [0.25, 0.3) is 10.9 Å². The van der Waals surface area contributed by atoms with Gasteiger partial charge >= 0.3 is 0 Å². The molecule has 0 bridgehead atoms. The van der Waals surface area contributed by atoms with Gasteiger partial charge in [-0.15, -0.1) is 0 Å². The Labute approximate surface area is 130 Å². The van der Waals surface area contributed by atoms with Crippen molar-refractivity contribution >= 4 is 38.4 Å². The lowest BCUT2D eigenvalue weighted by Crippen LogP contribution is -2.13. The van der Waals surface area contributed by atoms with Gasteiger partial charge < -0.3 is 9.88 Å². The third kappa shape index (κ3) is 3.16. The minimum absolute atomic E-state index is 0.0140. The second-order valence-electron chi connectivity index (χ2n) is 4.91. The van der Waals surface area contributed by atoms with E-state index in [9.17, 15) is 4.79 Å². The van der Waals surface area contributed by atoms with Gasteiger partial charge in [-0.3, -0.25) is 9.48 Å². The highest BCUT2D eigenvalue weighted by Crippen LogP contribution is 2.21. The van der Waals surface area contributed by atoms with Crippen molar-refractivity contribution in [3.63, 3.8) is 0 Å². The van der Waals surface area contributed by atoms with E-state index in [4.69, 9.17) is 0 Å². The van der Waals surface area contributed by atoms with Gasteiger partial charge in [-0.2, -0.15) is 5.10 Å². The van der Waals surface area contributed by atoms with E-state index >= 15 is 0 Å². The van der Waals surface area contributed by atoms with E-state index < -0.39 is 0 Å². The monoisotopic (exact) mass is 346 g/mol. The number of aromatic nitrogens is 3. The summed E-state index contributed by atoms with van der Waals surface area (Å²) in [6.07, 6.45) is 5.85. The Bertz CT molecular complexity index is 790. The number of hydrogen-bond acceptors (Lipinski definition) is 2. The molecule has 1 N–H and O–H groups in total. The van der Waals surface area contributed by atoms with Crippen molar-refractivity contribution in [2.75, 3.05) is 5.32 Å². The zero-order valence-electron chi connectivity index (χ0n) is 11.6. The predicted octanol–water partition coefficient (Wildman–Crippen LogP) is 3.17. The Balaban J connectivity index is 1.66. The standard InChI is InChI=1S/C15H15BrN4O/c1-19-10-13(9-17-19)18-15(21)5-7-20-6-4-11-2-3-12(16)8-14(11)20/h2-4,6,8-10H,5,7H2,1H3,(H,18,21). The Morgan fingerprint density at radius 2 is 2.24 bits per heavy atom. The molecule has 108 valence electrons. The number of amides is 1. The molecular weight excluding hydrogens is 332 g/mol. The van der Waals surface area contributed by atoms with E-state index in [0.29, 0.717) is 13.0 Å². The van der Waals surface area contributed by atoms with E-state index in [1.54, 1.807) is 17.1 Å². The number of aryl methyl sites for hydroxylation is 2. The van der Waals surface area contributed by atoms with Gasteiger partial charge in [0.05, 0.1) is 11.9 Å². The first-order valence-corrected chi connectivity index (χ1v) is 7.44. The minimum atomic E-state index is -0.0140. The van der Waals surface area contributed by atoms with Crippen molar-refractivity contribution in [1.29, 1.82) is 0 Å². The quantitative estimate of drug-likeness (QED) is 0.788. The van der Waals surface area contributed by atoms with Gasteiger partial charge in [0, 0.05) is 42.4 Å². The number of benzene rings is 1. The predicted molar refractivity (Wildman–Crippen MR) is 86.1 cm³/mol. The first kappa shape index (κ1) is 13.9. The summed E-state index contributed by atoms with van der Waals surface area (Å²) in [5.74, 6) is -0.0140. The van der Waals surface area contributed by atoms with Crippen LogP contribution >= 0.6 is 15.9 Å². The number of anilines is 1. The van der Waals surface area contributed by atoms with Gasteiger partial charge in [-0.05, 0) is 23.6 Å². The van der Waals surface area contributed by atoms with Crippen LogP contribution in [0, 0.1) is 0 Å². The minimum Gasteiger partial charge on any atom is -0.347 e. The molecule has 21 heavy (non-hydrogen) atoms. The number of halogens is 1. The maximum absolute atomic E-state index is 11.9. The smallest absolute Gasteiger partial charge is 0.226 e. The van der Waals surface area contributed by atoms with Crippen LogP contribution in [0.1, 0.15) is 6.42 Å². The Morgan fingerprint density at radius 1 is 1.38 bits per heavy atom. The molecule has 0 saturated heterocycles. The number of carbonyl (C=O) groups is 1. The summed E-state index contributed by atoms with van der Waals surface area (Å²) in [4.78, 5) is 11.9. The highest BCUT2D eigenvalue weighted by Gasteiger charge is 2.06. The summed E-state index contributed by atoms with van der Waals surface area (Å²) in [7, 11) is 1.82. The van der Waals surface area contributed by atoms with Gasteiger partial charge in [-0.25, -0.2) is 0 Å². The first-order valence-electron chi connectivity index (χ1n) is 6.65. The van der Waals surface area contributed by atoms with Crippen LogP contribution < -0.4 is 5.32 Å². The van der Waals surface area contributed by atoms with Crippen LogP contribution in [0.2, 0.25) is 0 Å². The molecule has 6 heteroatoms. The molecule has 3 aromatic rings. The zero-order chi connectivity index (χ0) is 14.8. The molecule has 0 fully saturated rings. The maximum Gasteiger partial charge on any atom is 0.226 e.